The molecule has 1 aliphatic rings. The van der Waals surface area contributed by atoms with Crippen LogP contribution in [0.4, 0.5) is 0 Å². The van der Waals surface area contributed by atoms with Crippen LogP contribution in [-0.4, -0.2) is 16.1 Å². The number of nitrogens with one attached hydrogen (secondary N) is 2. The van der Waals surface area contributed by atoms with E-state index in [4.69, 9.17) is 0 Å². The first kappa shape index (κ1) is 12.9. The summed E-state index contributed by atoms with van der Waals surface area (Å²) in [5.41, 5.74) is 4.75. The van der Waals surface area contributed by atoms with Crippen LogP contribution in [0.1, 0.15) is 28.8 Å². The Bertz CT molecular complexity index is 600. The van der Waals surface area contributed by atoms with Gasteiger partial charge in [0.05, 0.1) is 6.20 Å². The number of carbonyl (C=O) groups is 1. The van der Waals surface area contributed by atoms with Crippen molar-refractivity contribution in [2.24, 2.45) is 5.92 Å². The lowest BCUT2D eigenvalue weighted by atomic mass is 9.87. The lowest BCUT2D eigenvalue weighted by Crippen LogP contribution is -2.33. The van der Waals surface area contributed by atoms with Crippen LogP contribution in [0.2, 0.25) is 0 Å². The molecule has 104 valence electrons. The first-order valence-corrected chi connectivity index (χ1v) is 7.07. The molecule has 4 heteroatoms. The van der Waals surface area contributed by atoms with Crippen molar-refractivity contribution in [1.82, 2.24) is 15.5 Å². The maximum absolute atomic E-state index is 12.2. The van der Waals surface area contributed by atoms with Crippen LogP contribution in [-0.2, 0) is 24.2 Å². The third-order valence-corrected chi connectivity index (χ3v) is 3.98. The van der Waals surface area contributed by atoms with Gasteiger partial charge >= 0.3 is 0 Å². The fourth-order valence-electron chi connectivity index (χ4n) is 2.67. The third kappa shape index (κ3) is 2.74. The van der Waals surface area contributed by atoms with Crippen molar-refractivity contribution < 1.29 is 4.79 Å². The number of rotatable bonds is 3. The van der Waals surface area contributed by atoms with Gasteiger partial charge in [0, 0.05) is 24.6 Å². The standard InChI is InChI=1S/C16H19N3O/c1-11-2-4-12(5-3-11)9-17-16(20)13-6-7-14-10-18-19-15(14)8-13/h2-5,10,13H,6-9H2,1H3,(H,17,20)(H,18,19)/t13-/m1/s1. The van der Waals surface area contributed by atoms with Gasteiger partial charge in [-0.25, -0.2) is 0 Å². The van der Waals surface area contributed by atoms with Crippen molar-refractivity contribution in [3.63, 3.8) is 0 Å². The van der Waals surface area contributed by atoms with Gasteiger partial charge in [-0.1, -0.05) is 29.8 Å². The lowest BCUT2D eigenvalue weighted by Gasteiger charge is -2.20. The highest BCUT2D eigenvalue weighted by Crippen LogP contribution is 2.23. The second-order valence-electron chi connectivity index (χ2n) is 5.52. The number of hydrogen-bond acceptors (Lipinski definition) is 2. The molecule has 0 saturated heterocycles. The molecule has 0 aliphatic heterocycles. The molecule has 20 heavy (non-hydrogen) atoms. The van der Waals surface area contributed by atoms with Crippen molar-refractivity contribution >= 4 is 5.91 Å². The van der Waals surface area contributed by atoms with Gasteiger partial charge in [0.15, 0.2) is 0 Å². The van der Waals surface area contributed by atoms with Gasteiger partial charge < -0.3 is 5.32 Å². The maximum Gasteiger partial charge on any atom is 0.223 e. The van der Waals surface area contributed by atoms with Crippen molar-refractivity contribution in [2.75, 3.05) is 0 Å². The second-order valence-corrected chi connectivity index (χ2v) is 5.52. The monoisotopic (exact) mass is 269 g/mol. The van der Waals surface area contributed by atoms with Crippen LogP contribution in [0.5, 0.6) is 0 Å². The summed E-state index contributed by atoms with van der Waals surface area (Å²) in [6, 6.07) is 8.25. The Morgan fingerprint density at radius 3 is 3.00 bits per heavy atom. The Morgan fingerprint density at radius 1 is 1.40 bits per heavy atom. The minimum Gasteiger partial charge on any atom is -0.352 e. The lowest BCUT2D eigenvalue weighted by molar-refractivity contribution is -0.125. The normalized spacial score (nSPS) is 17.6. The number of aromatic nitrogens is 2. The van der Waals surface area contributed by atoms with Crippen molar-refractivity contribution in [1.29, 1.82) is 0 Å². The molecule has 0 unspecified atom stereocenters. The van der Waals surface area contributed by atoms with Crippen molar-refractivity contribution in [2.45, 2.75) is 32.7 Å². The SMILES string of the molecule is Cc1ccc(CNC(=O)[C@@H]2CCc3cn[nH]c3C2)cc1. The number of aromatic amines is 1. The number of hydrogen-bond donors (Lipinski definition) is 2. The van der Waals surface area contributed by atoms with Gasteiger partial charge in [-0.2, -0.15) is 5.10 Å². The predicted molar refractivity (Wildman–Crippen MR) is 77.1 cm³/mol. The Balaban J connectivity index is 1.56. The highest BCUT2D eigenvalue weighted by molar-refractivity contribution is 5.79. The molecule has 0 saturated carbocycles. The molecule has 1 aromatic carbocycles. The highest BCUT2D eigenvalue weighted by Gasteiger charge is 2.25. The van der Waals surface area contributed by atoms with Gasteiger partial charge in [-0.05, 0) is 30.9 Å². The number of H-pyrrole nitrogens is 1. The summed E-state index contributed by atoms with van der Waals surface area (Å²) in [4.78, 5) is 12.2. The third-order valence-electron chi connectivity index (χ3n) is 3.98. The number of benzene rings is 1. The molecular weight excluding hydrogens is 250 g/mol. The second kappa shape index (κ2) is 5.49. The Hall–Kier alpha value is -2.10. The average molecular weight is 269 g/mol. The van der Waals surface area contributed by atoms with E-state index >= 15 is 0 Å². The highest BCUT2D eigenvalue weighted by atomic mass is 16.1. The molecule has 1 aliphatic carbocycles. The number of carbonyl (C=O) groups excluding carboxylic acids is 1. The zero-order chi connectivity index (χ0) is 13.9. The quantitative estimate of drug-likeness (QED) is 0.897. The van der Waals surface area contributed by atoms with Gasteiger partial charge in [-0.3, -0.25) is 9.89 Å². The van der Waals surface area contributed by atoms with E-state index < -0.39 is 0 Å². The van der Waals surface area contributed by atoms with Gasteiger partial charge in [0.1, 0.15) is 0 Å². The zero-order valence-electron chi connectivity index (χ0n) is 11.6. The molecule has 2 N–H and O–H groups in total. The van der Waals surface area contributed by atoms with E-state index in [-0.39, 0.29) is 11.8 Å². The Labute approximate surface area is 118 Å². The first-order chi connectivity index (χ1) is 9.72. The molecule has 1 atom stereocenters. The van der Waals surface area contributed by atoms with Crippen molar-refractivity contribution in [3.8, 4) is 0 Å². The molecular formula is C16H19N3O. The molecule has 1 amide bonds. The van der Waals surface area contributed by atoms with Crippen LogP contribution >= 0.6 is 0 Å². The molecule has 0 fully saturated rings. The molecule has 1 heterocycles. The predicted octanol–water partition coefficient (Wildman–Crippen LogP) is 2.14. The molecule has 3 rings (SSSR count). The smallest absolute Gasteiger partial charge is 0.223 e. The molecule has 4 nitrogen and oxygen atoms in total. The largest absolute Gasteiger partial charge is 0.352 e. The van der Waals surface area contributed by atoms with Crippen LogP contribution in [0.25, 0.3) is 0 Å². The fraction of sp³-hybridized carbons (Fsp3) is 0.375. The first-order valence-electron chi connectivity index (χ1n) is 7.07. The van der Waals surface area contributed by atoms with E-state index in [1.165, 1.54) is 11.1 Å². The summed E-state index contributed by atoms with van der Waals surface area (Å²) in [6.45, 7) is 2.66. The van der Waals surface area contributed by atoms with Crippen molar-refractivity contribution in [3.05, 3.63) is 52.8 Å². The summed E-state index contributed by atoms with van der Waals surface area (Å²) < 4.78 is 0. The minimum atomic E-state index is 0.0633. The summed E-state index contributed by atoms with van der Waals surface area (Å²) in [5, 5.41) is 10.1. The number of amides is 1. The Kier molecular flexibility index (Phi) is 3.54. The molecule has 1 aromatic heterocycles. The van der Waals surface area contributed by atoms with E-state index in [0.717, 1.165) is 30.5 Å². The van der Waals surface area contributed by atoms with Gasteiger partial charge in [0.2, 0.25) is 5.91 Å². The zero-order valence-corrected chi connectivity index (χ0v) is 11.6. The molecule has 2 aromatic rings. The fourth-order valence-corrected chi connectivity index (χ4v) is 2.67. The Morgan fingerprint density at radius 2 is 2.20 bits per heavy atom. The van der Waals surface area contributed by atoms with Gasteiger partial charge in [0.25, 0.3) is 0 Å². The van der Waals surface area contributed by atoms with E-state index in [9.17, 15) is 4.79 Å². The van der Waals surface area contributed by atoms with Crippen LogP contribution in [0, 0.1) is 12.8 Å². The van der Waals surface area contributed by atoms with E-state index in [1.807, 2.05) is 6.20 Å². The summed E-state index contributed by atoms with van der Waals surface area (Å²) in [5.74, 6) is 0.208. The van der Waals surface area contributed by atoms with Crippen LogP contribution in [0.3, 0.4) is 0 Å². The van der Waals surface area contributed by atoms with E-state index in [1.54, 1.807) is 0 Å². The average Bonchev–Trinajstić information content (AvgIpc) is 2.93. The van der Waals surface area contributed by atoms with Gasteiger partial charge in [-0.15, -0.1) is 0 Å². The van der Waals surface area contributed by atoms with Crippen LogP contribution in [0.15, 0.2) is 30.5 Å². The summed E-state index contributed by atoms with van der Waals surface area (Å²) >= 11 is 0. The van der Waals surface area contributed by atoms with E-state index in [2.05, 4.69) is 46.7 Å². The number of aryl methyl sites for hydroxylation is 2. The number of fused-ring (bicyclic) bond motifs is 1. The van der Waals surface area contributed by atoms with E-state index in [0.29, 0.717) is 6.54 Å². The topological polar surface area (TPSA) is 57.8 Å². The molecule has 0 radical (unpaired) electrons. The molecule has 0 spiro atoms. The number of nitrogens with zero attached hydrogens (tertiary/aromatic N) is 1. The molecule has 0 bridgehead atoms. The van der Waals surface area contributed by atoms with Crippen LogP contribution < -0.4 is 5.32 Å². The minimum absolute atomic E-state index is 0.0633. The maximum atomic E-state index is 12.2. The summed E-state index contributed by atoms with van der Waals surface area (Å²) in [7, 11) is 0. The summed E-state index contributed by atoms with van der Waals surface area (Å²) in [6.07, 6.45) is 4.49.